The summed E-state index contributed by atoms with van der Waals surface area (Å²) in [5.74, 6) is 0.176. The van der Waals surface area contributed by atoms with Gasteiger partial charge in [0.1, 0.15) is 11.5 Å². The van der Waals surface area contributed by atoms with Crippen LogP contribution in [0.3, 0.4) is 0 Å². The summed E-state index contributed by atoms with van der Waals surface area (Å²) in [5.41, 5.74) is 1.19. The number of aliphatic hydroxyl groups is 1. The number of aliphatic hydroxyl groups excluding tert-OH is 1. The Bertz CT molecular complexity index is 409. The highest BCUT2D eigenvalue weighted by Crippen LogP contribution is 2.14. The second-order valence-corrected chi connectivity index (χ2v) is 3.48. The molecule has 0 aliphatic carbocycles. The van der Waals surface area contributed by atoms with Gasteiger partial charge in [-0.2, -0.15) is 0 Å². The van der Waals surface area contributed by atoms with Gasteiger partial charge in [0.05, 0.1) is 0 Å². The summed E-state index contributed by atoms with van der Waals surface area (Å²) in [6.07, 6.45) is 0.765. The fourth-order valence-corrected chi connectivity index (χ4v) is 1.27. The molecule has 0 spiro atoms. The lowest BCUT2D eigenvalue weighted by atomic mass is 10.2. The third-order valence-corrected chi connectivity index (χ3v) is 2.07. The van der Waals surface area contributed by atoms with Crippen LogP contribution >= 0.6 is 0 Å². The smallest absolute Gasteiger partial charge is 0.119 e. The largest absolute Gasteiger partial charge is 0.508 e. The third kappa shape index (κ3) is 5.58. The Labute approximate surface area is 101 Å². The Morgan fingerprint density at radius 2 is 1.35 bits per heavy atom. The predicted molar refractivity (Wildman–Crippen MR) is 67.0 cm³/mol. The highest BCUT2D eigenvalue weighted by molar-refractivity contribution is 5.30. The van der Waals surface area contributed by atoms with Crippen LogP contribution in [-0.4, -0.2) is 21.9 Å². The Morgan fingerprint density at radius 1 is 0.765 bits per heavy atom. The van der Waals surface area contributed by atoms with Crippen molar-refractivity contribution in [2.45, 2.75) is 6.42 Å². The van der Waals surface area contributed by atoms with Crippen LogP contribution in [0.15, 0.2) is 54.6 Å². The maximum absolute atomic E-state index is 8.65. The molecule has 0 radical (unpaired) electrons. The molecule has 3 N–H and O–H groups in total. The molecule has 0 amide bonds. The molecule has 0 unspecified atom stereocenters. The van der Waals surface area contributed by atoms with E-state index in [1.165, 1.54) is 23.8 Å². The van der Waals surface area contributed by atoms with Crippen LogP contribution in [0.4, 0.5) is 0 Å². The summed E-state index contributed by atoms with van der Waals surface area (Å²) >= 11 is 0. The van der Waals surface area contributed by atoms with E-state index in [1.807, 2.05) is 30.3 Å². The number of phenolic OH excluding ortho intramolecular Hbond substituents is 2. The number of benzene rings is 2. The Kier molecular flexibility index (Phi) is 5.61. The van der Waals surface area contributed by atoms with E-state index < -0.39 is 0 Å². The molecule has 0 bridgehead atoms. The van der Waals surface area contributed by atoms with Crippen molar-refractivity contribution in [3.8, 4) is 11.5 Å². The summed E-state index contributed by atoms with van der Waals surface area (Å²) < 4.78 is 0. The Morgan fingerprint density at radius 3 is 1.76 bits per heavy atom. The number of rotatable bonds is 2. The van der Waals surface area contributed by atoms with Crippen LogP contribution in [0.1, 0.15) is 5.56 Å². The fraction of sp³-hybridized carbons (Fsp3) is 0.143. The van der Waals surface area contributed by atoms with Gasteiger partial charge in [-0.3, -0.25) is 0 Å². The summed E-state index contributed by atoms with van der Waals surface area (Å²) in [7, 11) is 0. The van der Waals surface area contributed by atoms with Crippen LogP contribution in [0.25, 0.3) is 0 Å². The van der Waals surface area contributed by atoms with Gasteiger partial charge >= 0.3 is 0 Å². The fourth-order valence-electron chi connectivity index (χ4n) is 1.27. The van der Waals surface area contributed by atoms with Gasteiger partial charge in [-0.25, -0.2) is 0 Å². The maximum atomic E-state index is 8.65. The van der Waals surface area contributed by atoms with E-state index in [9.17, 15) is 0 Å². The lowest BCUT2D eigenvalue weighted by Crippen LogP contribution is -1.88. The summed E-state index contributed by atoms with van der Waals surface area (Å²) in [6, 6.07) is 15.8. The molecule has 2 aromatic carbocycles. The number of hydrogen-bond donors (Lipinski definition) is 3. The molecule has 0 saturated carbocycles. The first-order valence-electron chi connectivity index (χ1n) is 5.35. The van der Waals surface area contributed by atoms with Crippen molar-refractivity contribution >= 4 is 0 Å². The van der Waals surface area contributed by atoms with Crippen LogP contribution in [0, 0.1) is 0 Å². The second kappa shape index (κ2) is 7.30. The number of hydrogen-bond acceptors (Lipinski definition) is 3. The lowest BCUT2D eigenvalue weighted by molar-refractivity contribution is 0.299. The van der Waals surface area contributed by atoms with E-state index in [1.54, 1.807) is 6.07 Å². The number of aromatic hydroxyl groups is 2. The normalized spacial score (nSPS) is 9.24. The zero-order valence-electron chi connectivity index (χ0n) is 9.45. The first-order valence-corrected chi connectivity index (χ1v) is 5.35. The molecule has 0 saturated heterocycles. The van der Waals surface area contributed by atoms with Gasteiger partial charge in [0.25, 0.3) is 0 Å². The predicted octanol–water partition coefficient (Wildman–Crippen LogP) is 2.32. The van der Waals surface area contributed by atoms with Crippen molar-refractivity contribution in [1.82, 2.24) is 0 Å². The summed E-state index contributed by atoms with van der Waals surface area (Å²) in [6.45, 7) is 0.240. The van der Waals surface area contributed by atoms with Gasteiger partial charge in [-0.1, -0.05) is 36.4 Å². The Balaban J connectivity index is 0.000000171. The molecule has 2 aromatic rings. The molecule has 0 fully saturated rings. The van der Waals surface area contributed by atoms with Crippen molar-refractivity contribution in [3.63, 3.8) is 0 Å². The minimum atomic E-state index is 0.0880. The first kappa shape index (κ1) is 13.1. The monoisotopic (exact) mass is 232 g/mol. The molecule has 17 heavy (non-hydrogen) atoms. The molecule has 0 aliphatic heterocycles. The number of phenols is 2. The SMILES string of the molecule is OCCc1ccccc1.Oc1cccc(O)c1. The molecule has 3 heteroatoms. The zero-order chi connectivity index (χ0) is 12.5. The quantitative estimate of drug-likeness (QED) is 0.744. The molecular formula is C14H16O3. The molecule has 0 aromatic heterocycles. The van der Waals surface area contributed by atoms with E-state index >= 15 is 0 Å². The molecule has 0 heterocycles. The van der Waals surface area contributed by atoms with Crippen LogP contribution in [0.2, 0.25) is 0 Å². The topological polar surface area (TPSA) is 60.7 Å². The summed E-state index contributed by atoms with van der Waals surface area (Å²) in [5, 5.41) is 25.8. The molecule has 0 aliphatic rings. The van der Waals surface area contributed by atoms with E-state index in [0.29, 0.717) is 0 Å². The standard InChI is InChI=1S/C8H10O.C6H6O2/c9-7-6-8-4-2-1-3-5-8;7-5-2-1-3-6(8)4-5/h1-5,9H,6-7H2;1-4,7-8H. The molecule has 90 valence electrons. The lowest BCUT2D eigenvalue weighted by Gasteiger charge is -1.93. The van der Waals surface area contributed by atoms with Gasteiger partial charge in [0.2, 0.25) is 0 Å². The minimum absolute atomic E-state index is 0.0880. The van der Waals surface area contributed by atoms with Crippen molar-refractivity contribution in [1.29, 1.82) is 0 Å². The highest BCUT2D eigenvalue weighted by atomic mass is 16.3. The van der Waals surface area contributed by atoms with Gasteiger partial charge in [0.15, 0.2) is 0 Å². The van der Waals surface area contributed by atoms with E-state index in [2.05, 4.69) is 0 Å². The third-order valence-electron chi connectivity index (χ3n) is 2.07. The van der Waals surface area contributed by atoms with E-state index in [-0.39, 0.29) is 18.1 Å². The van der Waals surface area contributed by atoms with Crippen molar-refractivity contribution < 1.29 is 15.3 Å². The molecule has 2 rings (SSSR count). The second-order valence-electron chi connectivity index (χ2n) is 3.48. The van der Waals surface area contributed by atoms with Gasteiger partial charge in [-0.15, -0.1) is 0 Å². The van der Waals surface area contributed by atoms with Gasteiger partial charge < -0.3 is 15.3 Å². The van der Waals surface area contributed by atoms with E-state index in [0.717, 1.165) is 6.42 Å². The molecular weight excluding hydrogens is 216 g/mol. The highest BCUT2D eigenvalue weighted by Gasteiger charge is 1.86. The van der Waals surface area contributed by atoms with Crippen molar-refractivity contribution in [2.24, 2.45) is 0 Å². The van der Waals surface area contributed by atoms with Crippen LogP contribution in [-0.2, 0) is 6.42 Å². The maximum Gasteiger partial charge on any atom is 0.119 e. The summed E-state index contributed by atoms with van der Waals surface area (Å²) in [4.78, 5) is 0. The first-order chi connectivity index (χ1) is 8.22. The molecule has 3 nitrogen and oxygen atoms in total. The average molecular weight is 232 g/mol. The van der Waals surface area contributed by atoms with Crippen LogP contribution < -0.4 is 0 Å². The minimum Gasteiger partial charge on any atom is -0.508 e. The van der Waals surface area contributed by atoms with Gasteiger partial charge in [-0.05, 0) is 24.1 Å². The van der Waals surface area contributed by atoms with Crippen molar-refractivity contribution in [3.05, 3.63) is 60.2 Å². The molecule has 0 atom stereocenters. The average Bonchev–Trinajstić information content (AvgIpc) is 2.31. The van der Waals surface area contributed by atoms with Crippen molar-refractivity contribution in [2.75, 3.05) is 6.61 Å². The van der Waals surface area contributed by atoms with Gasteiger partial charge in [0, 0.05) is 12.7 Å². The van der Waals surface area contributed by atoms with E-state index in [4.69, 9.17) is 15.3 Å². The zero-order valence-corrected chi connectivity index (χ0v) is 9.45. The van der Waals surface area contributed by atoms with Crippen LogP contribution in [0.5, 0.6) is 11.5 Å². The Hall–Kier alpha value is -2.00.